The van der Waals surface area contributed by atoms with Crippen molar-refractivity contribution in [2.45, 2.75) is 203 Å². The molecule has 42 heavy (non-hydrogen) atoms. The van der Waals surface area contributed by atoms with E-state index in [-0.39, 0.29) is 10.8 Å². The van der Waals surface area contributed by atoms with Gasteiger partial charge in [-0.2, -0.15) is 0 Å². The minimum Gasteiger partial charge on any atom is -0.244 e. The predicted molar refractivity (Wildman–Crippen MR) is 193 cm³/mol. The molecule has 0 unspecified atom stereocenters. The van der Waals surface area contributed by atoms with Gasteiger partial charge in [-0.05, 0) is 88.8 Å². The third-order valence-electron chi connectivity index (χ3n) is 9.57. The molecule has 0 radical (unpaired) electrons. The minimum absolute atomic E-state index is 0.168. The first kappa shape index (κ1) is 44.1. The largest absolute Gasteiger partial charge is 0.244 e. The van der Waals surface area contributed by atoms with Gasteiger partial charge in [0.25, 0.3) is 0 Å². The smallest absolute Gasteiger partial charge is 0.105 e. The zero-order valence-corrected chi connectivity index (χ0v) is 33.7. The number of hydrogen-bond donors (Lipinski definition) is 0. The molecule has 0 bridgehead atoms. The Bertz CT molecular complexity index is 658. The highest BCUT2D eigenvalue weighted by molar-refractivity contribution is 4.90. The summed E-state index contributed by atoms with van der Waals surface area (Å²) in [5.41, 5.74) is 1.06. The van der Waals surface area contributed by atoms with Crippen LogP contribution in [0.15, 0.2) is 0 Å². The molecular formula is C41H85F. The molecule has 0 N–H and O–H groups in total. The van der Waals surface area contributed by atoms with Gasteiger partial charge in [0, 0.05) is 0 Å². The molecule has 0 nitrogen and oxygen atoms in total. The highest BCUT2D eigenvalue weighted by Crippen LogP contribution is 2.49. The molecule has 0 aromatic heterocycles. The van der Waals surface area contributed by atoms with Gasteiger partial charge in [-0.3, -0.25) is 0 Å². The van der Waals surface area contributed by atoms with Gasteiger partial charge in [-0.1, -0.05) is 171 Å². The molecule has 0 atom stereocenters. The maximum Gasteiger partial charge on any atom is 0.105 e. The molecule has 1 aliphatic carbocycles. The number of alkyl halides is 1. The summed E-state index contributed by atoms with van der Waals surface area (Å²) in [6, 6.07) is 0. The van der Waals surface area contributed by atoms with E-state index in [0.717, 1.165) is 23.7 Å². The summed E-state index contributed by atoms with van der Waals surface area (Å²) >= 11 is 0. The molecule has 1 rings (SSSR count). The summed E-state index contributed by atoms with van der Waals surface area (Å²) in [6.45, 7) is 50.0. The molecule has 0 saturated heterocycles. The highest BCUT2D eigenvalue weighted by atomic mass is 19.1. The van der Waals surface area contributed by atoms with Crippen LogP contribution >= 0.6 is 0 Å². The van der Waals surface area contributed by atoms with Gasteiger partial charge in [0.2, 0.25) is 0 Å². The highest BCUT2D eigenvalue weighted by Gasteiger charge is 2.41. The third-order valence-corrected chi connectivity index (χ3v) is 9.57. The van der Waals surface area contributed by atoms with E-state index in [1.165, 1.54) is 38.5 Å². The van der Waals surface area contributed by atoms with Gasteiger partial charge < -0.3 is 0 Å². The lowest BCUT2D eigenvalue weighted by atomic mass is 9.58. The molecule has 0 amide bonds. The van der Waals surface area contributed by atoms with E-state index in [4.69, 9.17) is 0 Å². The van der Waals surface area contributed by atoms with E-state index in [9.17, 15) is 4.39 Å². The fraction of sp³-hybridized carbons (Fsp3) is 1.00. The minimum atomic E-state index is -1.06. The van der Waals surface area contributed by atoms with E-state index in [2.05, 4.69) is 138 Å². The Hall–Kier alpha value is -0.0700. The summed E-state index contributed by atoms with van der Waals surface area (Å²) in [5.74, 6) is 3.85. The van der Waals surface area contributed by atoms with Gasteiger partial charge in [0.1, 0.15) is 5.67 Å². The lowest BCUT2D eigenvalue weighted by molar-refractivity contribution is 0.0251. The Morgan fingerprint density at radius 2 is 0.786 bits per heavy atom. The Balaban J connectivity index is 0. The second-order valence-corrected chi connectivity index (χ2v) is 21.7. The summed E-state index contributed by atoms with van der Waals surface area (Å²) in [6.07, 6.45) is 9.32. The van der Waals surface area contributed by atoms with Crippen LogP contribution in [0.4, 0.5) is 4.39 Å². The van der Waals surface area contributed by atoms with Crippen LogP contribution in [0, 0.1) is 62.1 Å². The Labute approximate surface area is 269 Å². The molecule has 0 aromatic rings. The monoisotopic (exact) mass is 597 g/mol. The lowest BCUT2D eigenvalue weighted by Crippen LogP contribution is -2.39. The topological polar surface area (TPSA) is 0 Å². The van der Waals surface area contributed by atoms with Crippen molar-refractivity contribution >= 4 is 0 Å². The van der Waals surface area contributed by atoms with Crippen molar-refractivity contribution in [1.29, 1.82) is 0 Å². The fourth-order valence-electron chi connectivity index (χ4n) is 9.06. The summed E-state index contributed by atoms with van der Waals surface area (Å²) in [7, 11) is 0. The van der Waals surface area contributed by atoms with Crippen molar-refractivity contribution < 1.29 is 4.39 Å². The van der Waals surface area contributed by atoms with Crippen LogP contribution in [0.2, 0.25) is 0 Å². The SMILES string of the molecule is CC(C)(C)C(C1CCCCC1)C(C)(C)C.CC(C)(F)CC(C(C)(C)C)C(C)(C)C.CC(C)CC(C(C)(C)C)C(C)(C)C. The predicted octanol–water partition coefficient (Wildman–Crippen LogP) is 14.8. The molecule has 256 valence electrons. The second-order valence-electron chi connectivity index (χ2n) is 21.7. The maximum absolute atomic E-state index is 13.7. The summed E-state index contributed by atoms with van der Waals surface area (Å²) in [5, 5.41) is 0. The summed E-state index contributed by atoms with van der Waals surface area (Å²) in [4.78, 5) is 0. The van der Waals surface area contributed by atoms with Gasteiger partial charge >= 0.3 is 0 Å². The first-order valence-electron chi connectivity index (χ1n) is 17.8. The average Bonchev–Trinajstić information content (AvgIpc) is 2.66. The first-order valence-corrected chi connectivity index (χ1v) is 17.8. The Kier molecular flexibility index (Phi) is 16.7. The maximum atomic E-state index is 13.7. The van der Waals surface area contributed by atoms with Gasteiger partial charge in [0.05, 0.1) is 0 Å². The summed E-state index contributed by atoms with van der Waals surface area (Å²) < 4.78 is 13.7. The van der Waals surface area contributed by atoms with Crippen molar-refractivity contribution in [3.63, 3.8) is 0 Å². The normalized spacial score (nSPS) is 16.9. The van der Waals surface area contributed by atoms with Crippen molar-refractivity contribution in [2.24, 2.45) is 62.1 Å². The van der Waals surface area contributed by atoms with Gasteiger partial charge in [-0.25, -0.2) is 4.39 Å². The average molecular weight is 597 g/mol. The van der Waals surface area contributed by atoms with Crippen molar-refractivity contribution in [3.05, 3.63) is 0 Å². The molecule has 1 fully saturated rings. The van der Waals surface area contributed by atoms with E-state index < -0.39 is 5.67 Å². The molecule has 1 saturated carbocycles. The van der Waals surface area contributed by atoms with Gasteiger partial charge in [-0.15, -0.1) is 0 Å². The van der Waals surface area contributed by atoms with Gasteiger partial charge in [0.15, 0.2) is 0 Å². The molecule has 1 heteroatoms. The first-order chi connectivity index (χ1) is 18.1. The standard InChI is InChI=1S/C15H30.C13H27F.C13H28/c1-14(2,3)13(15(4,5)6)12-10-8-7-9-11-12;1-11(2,3)10(12(4,5)6)9-13(7,8)14;1-10(2)9-11(12(3,4)5)13(6,7)8/h12-13H,7-11H2,1-6H3;10H,9H2,1-8H3;10-11H,9H2,1-8H3. The molecular weight excluding hydrogens is 511 g/mol. The molecule has 0 spiro atoms. The zero-order valence-electron chi connectivity index (χ0n) is 33.7. The van der Waals surface area contributed by atoms with Crippen LogP contribution in [-0.4, -0.2) is 5.67 Å². The number of hydrogen-bond acceptors (Lipinski definition) is 0. The molecule has 0 heterocycles. The van der Waals surface area contributed by atoms with Crippen molar-refractivity contribution in [3.8, 4) is 0 Å². The third kappa shape index (κ3) is 18.7. The number of rotatable bonds is 5. The quantitative estimate of drug-likeness (QED) is 0.296. The van der Waals surface area contributed by atoms with Crippen LogP contribution in [0.5, 0.6) is 0 Å². The Morgan fingerprint density at radius 1 is 0.476 bits per heavy atom. The van der Waals surface area contributed by atoms with Crippen LogP contribution in [0.3, 0.4) is 0 Å². The van der Waals surface area contributed by atoms with Crippen LogP contribution in [-0.2, 0) is 0 Å². The van der Waals surface area contributed by atoms with Crippen molar-refractivity contribution in [2.75, 3.05) is 0 Å². The van der Waals surface area contributed by atoms with E-state index in [1.807, 2.05) is 0 Å². The fourth-order valence-corrected chi connectivity index (χ4v) is 9.06. The zero-order chi connectivity index (χ0) is 34.3. The van der Waals surface area contributed by atoms with E-state index in [1.54, 1.807) is 13.8 Å². The van der Waals surface area contributed by atoms with Crippen LogP contribution < -0.4 is 0 Å². The second kappa shape index (κ2) is 16.0. The van der Waals surface area contributed by atoms with Crippen molar-refractivity contribution in [1.82, 2.24) is 0 Å². The number of halogens is 1. The molecule has 1 aliphatic rings. The molecule has 0 aliphatic heterocycles. The van der Waals surface area contributed by atoms with E-state index in [0.29, 0.717) is 34.0 Å². The van der Waals surface area contributed by atoms with Crippen LogP contribution in [0.25, 0.3) is 0 Å². The Morgan fingerprint density at radius 3 is 0.952 bits per heavy atom. The lowest BCUT2D eigenvalue weighted by Gasteiger charge is -2.47. The van der Waals surface area contributed by atoms with Crippen LogP contribution in [0.1, 0.15) is 197 Å². The molecule has 0 aromatic carbocycles. The van der Waals surface area contributed by atoms with E-state index >= 15 is 0 Å².